The Bertz CT molecular complexity index is 578. The van der Waals surface area contributed by atoms with Gasteiger partial charge in [0.25, 0.3) is 5.69 Å². The second kappa shape index (κ2) is 6.01. The molecule has 2 atom stereocenters. The molecule has 0 spiro atoms. The van der Waals surface area contributed by atoms with Gasteiger partial charge < -0.3 is 10.4 Å². The average Bonchev–Trinajstić information content (AvgIpc) is 2.40. The average molecular weight is 357 g/mol. The highest BCUT2D eigenvalue weighted by atomic mass is 79.9. The number of halogens is 1. The van der Waals surface area contributed by atoms with E-state index in [1.807, 2.05) is 6.92 Å². The molecule has 6 nitrogen and oxygen atoms in total. The van der Waals surface area contributed by atoms with Crippen molar-refractivity contribution in [2.75, 3.05) is 5.32 Å². The molecule has 0 radical (unpaired) electrons. The number of rotatable bonds is 4. The van der Waals surface area contributed by atoms with Crippen LogP contribution < -0.4 is 5.32 Å². The number of carboxylic acid groups (broad SMARTS) is 1. The summed E-state index contributed by atoms with van der Waals surface area (Å²) in [5, 5.41) is 23.4. The second-order valence-corrected chi connectivity index (χ2v) is 6.49. The zero-order valence-electron chi connectivity index (χ0n) is 11.6. The summed E-state index contributed by atoms with van der Waals surface area (Å²) in [5.74, 6) is -0.543. The Balaban J connectivity index is 2.29. The number of non-ortho nitro benzene ring substituents is 1. The third-order valence-electron chi connectivity index (χ3n) is 3.94. The van der Waals surface area contributed by atoms with Crippen molar-refractivity contribution in [3.05, 3.63) is 32.8 Å². The number of nitro groups is 1. The number of carboxylic acids is 1. The number of hydrogen-bond acceptors (Lipinski definition) is 4. The summed E-state index contributed by atoms with van der Waals surface area (Å²) in [7, 11) is 0. The largest absolute Gasteiger partial charge is 0.480 e. The summed E-state index contributed by atoms with van der Waals surface area (Å²) >= 11 is 3.27. The summed E-state index contributed by atoms with van der Waals surface area (Å²) in [5.41, 5.74) is -0.470. The summed E-state index contributed by atoms with van der Waals surface area (Å²) in [4.78, 5) is 22.0. The Morgan fingerprint density at radius 3 is 2.81 bits per heavy atom. The zero-order chi connectivity index (χ0) is 15.6. The fourth-order valence-electron chi connectivity index (χ4n) is 2.89. The lowest BCUT2D eigenvalue weighted by Crippen LogP contribution is -2.49. The Labute approximate surface area is 130 Å². The number of carbonyl (C=O) groups is 1. The molecule has 0 heterocycles. The molecule has 114 valence electrons. The van der Waals surface area contributed by atoms with Crippen molar-refractivity contribution in [3.63, 3.8) is 0 Å². The van der Waals surface area contributed by atoms with Gasteiger partial charge in [0.15, 0.2) is 0 Å². The number of nitrogens with zero attached hydrogens (tertiary/aromatic N) is 1. The molecule has 2 N–H and O–H groups in total. The minimum atomic E-state index is -1.00. The van der Waals surface area contributed by atoms with Crippen molar-refractivity contribution in [2.45, 2.75) is 38.1 Å². The van der Waals surface area contributed by atoms with Crippen molar-refractivity contribution in [1.82, 2.24) is 0 Å². The molecule has 1 aliphatic carbocycles. The van der Waals surface area contributed by atoms with Crippen LogP contribution in [0.15, 0.2) is 22.7 Å². The van der Waals surface area contributed by atoms with Gasteiger partial charge in [-0.2, -0.15) is 0 Å². The molecule has 1 saturated carbocycles. The van der Waals surface area contributed by atoms with Gasteiger partial charge in [-0.1, -0.05) is 19.8 Å². The highest BCUT2D eigenvalue weighted by Gasteiger charge is 2.42. The molecule has 0 amide bonds. The molecule has 7 heteroatoms. The van der Waals surface area contributed by atoms with E-state index in [2.05, 4.69) is 21.2 Å². The SMILES string of the molecule is CC1CCCC(Nc2ccc([N+](=O)[O-])cc2Br)(C(=O)O)C1. The monoisotopic (exact) mass is 356 g/mol. The first-order chi connectivity index (χ1) is 9.84. The van der Waals surface area contributed by atoms with Crippen LogP contribution in [0.4, 0.5) is 11.4 Å². The van der Waals surface area contributed by atoms with E-state index in [9.17, 15) is 20.0 Å². The van der Waals surface area contributed by atoms with E-state index in [0.717, 1.165) is 12.8 Å². The van der Waals surface area contributed by atoms with Crippen LogP contribution >= 0.6 is 15.9 Å². The fourth-order valence-corrected chi connectivity index (χ4v) is 3.36. The van der Waals surface area contributed by atoms with Crippen LogP contribution in [0.3, 0.4) is 0 Å². The Hall–Kier alpha value is -1.63. The number of benzene rings is 1. The summed E-state index contributed by atoms with van der Waals surface area (Å²) in [6, 6.07) is 4.30. The first-order valence-electron chi connectivity index (χ1n) is 6.79. The van der Waals surface area contributed by atoms with Gasteiger partial charge in [-0.05, 0) is 40.8 Å². The number of anilines is 1. The first-order valence-corrected chi connectivity index (χ1v) is 7.59. The van der Waals surface area contributed by atoms with Gasteiger partial charge in [0.05, 0.1) is 4.92 Å². The molecule has 2 unspecified atom stereocenters. The van der Waals surface area contributed by atoms with Crippen LogP contribution in [-0.2, 0) is 4.79 Å². The molecule has 1 fully saturated rings. The van der Waals surface area contributed by atoms with Gasteiger partial charge in [0.2, 0.25) is 0 Å². The van der Waals surface area contributed by atoms with Crippen molar-refractivity contribution in [2.24, 2.45) is 5.92 Å². The summed E-state index contributed by atoms with van der Waals surface area (Å²) < 4.78 is 0.496. The topological polar surface area (TPSA) is 92.5 Å². The molecular formula is C14H17BrN2O4. The number of hydrogen-bond donors (Lipinski definition) is 2. The highest BCUT2D eigenvalue weighted by molar-refractivity contribution is 9.10. The Morgan fingerprint density at radius 1 is 1.57 bits per heavy atom. The smallest absolute Gasteiger partial charge is 0.329 e. The van der Waals surface area contributed by atoms with Gasteiger partial charge in [0, 0.05) is 22.3 Å². The van der Waals surface area contributed by atoms with Crippen molar-refractivity contribution in [3.8, 4) is 0 Å². The van der Waals surface area contributed by atoms with Crippen LogP contribution in [0.25, 0.3) is 0 Å². The lowest BCUT2D eigenvalue weighted by atomic mass is 9.76. The van der Waals surface area contributed by atoms with Crippen molar-refractivity contribution >= 4 is 33.3 Å². The Morgan fingerprint density at radius 2 is 2.29 bits per heavy atom. The Kier molecular flexibility index (Phi) is 4.51. The maximum absolute atomic E-state index is 11.7. The van der Waals surface area contributed by atoms with E-state index < -0.39 is 16.4 Å². The van der Waals surface area contributed by atoms with Crippen molar-refractivity contribution < 1.29 is 14.8 Å². The van der Waals surface area contributed by atoms with Crippen LogP contribution in [0.5, 0.6) is 0 Å². The van der Waals surface area contributed by atoms with Crippen LogP contribution in [-0.4, -0.2) is 21.5 Å². The standard InChI is InChI=1S/C14H17BrN2O4/c1-9-3-2-6-14(8-9,13(18)19)16-12-5-4-10(17(20)21)7-11(12)15/h4-5,7,9,16H,2-3,6,8H2,1H3,(H,18,19). The predicted octanol–water partition coefficient (Wildman–Crippen LogP) is 3.80. The van der Waals surface area contributed by atoms with E-state index in [1.165, 1.54) is 12.1 Å². The highest BCUT2D eigenvalue weighted by Crippen LogP contribution is 2.37. The third-order valence-corrected chi connectivity index (χ3v) is 4.60. The molecule has 2 rings (SSSR count). The van der Waals surface area contributed by atoms with Crippen LogP contribution in [0.1, 0.15) is 32.6 Å². The zero-order valence-corrected chi connectivity index (χ0v) is 13.2. The number of aliphatic carboxylic acids is 1. The summed E-state index contributed by atoms with van der Waals surface area (Å²) in [6.45, 7) is 2.05. The van der Waals surface area contributed by atoms with E-state index in [-0.39, 0.29) is 5.69 Å². The summed E-state index contributed by atoms with van der Waals surface area (Å²) in [6.07, 6.45) is 2.98. The van der Waals surface area contributed by atoms with E-state index in [0.29, 0.717) is 28.9 Å². The number of nitro benzene ring substituents is 1. The minimum absolute atomic E-state index is 0.0335. The minimum Gasteiger partial charge on any atom is -0.480 e. The lowest BCUT2D eigenvalue weighted by Gasteiger charge is -2.38. The lowest BCUT2D eigenvalue weighted by molar-refractivity contribution is -0.384. The molecule has 0 aliphatic heterocycles. The van der Waals surface area contributed by atoms with Gasteiger partial charge in [-0.15, -0.1) is 0 Å². The molecule has 1 aromatic carbocycles. The maximum Gasteiger partial charge on any atom is 0.329 e. The quantitative estimate of drug-likeness (QED) is 0.632. The van der Waals surface area contributed by atoms with Crippen LogP contribution in [0, 0.1) is 16.0 Å². The van der Waals surface area contributed by atoms with Gasteiger partial charge in [0.1, 0.15) is 5.54 Å². The predicted molar refractivity (Wildman–Crippen MR) is 82.4 cm³/mol. The molecular weight excluding hydrogens is 340 g/mol. The molecule has 0 aromatic heterocycles. The molecule has 21 heavy (non-hydrogen) atoms. The maximum atomic E-state index is 11.7. The van der Waals surface area contributed by atoms with Crippen LogP contribution in [0.2, 0.25) is 0 Å². The molecule has 1 aliphatic rings. The van der Waals surface area contributed by atoms with E-state index in [1.54, 1.807) is 6.07 Å². The fraction of sp³-hybridized carbons (Fsp3) is 0.500. The van der Waals surface area contributed by atoms with Gasteiger partial charge in [-0.25, -0.2) is 4.79 Å². The first kappa shape index (κ1) is 15.8. The molecule has 1 aromatic rings. The van der Waals surface area contributed by atoms with E-state index in [4.69, 9.17) is 0 Å². The van der Waals surface area contributed by atoms with E-state index >= 15 is 0 Å². The molecule has 0 saturated heterocycles. The third kappa shape index (κ3) is 3.34. The second-order valence-electron chi connectivity index (χ2n) is 5.64. The normalized spacial score (nSPS) is 25.3. The molecule has 0 bridgehead atoms. The van der Waals surface area contributed by atoms with Gasteiger partial charge >= 0.3 is 5.97 Å². The van der Waals surface area contributed by atoms with Gasteiger partial charge in [-0.3, -0.25) is 10.1 Å². The number of nitrogens with one attached hydrogen (secondary N) is 1. The van der Waals surface area contributed by atoms with Crippen molar-refractivity contribution in [1.29, 1.82) is 0 Å².